The summed E-state index contributed by atoms with van der Waals surface area (Å²) in [6.45, 7) is 9.99. The molecule has 0 unspecified atom stereocenters. The van der Waals surface area contributed by atoms with Gasteiger partial charge >= 0.3 is 0 Å². The summed E-state index contributed by atoms with van der Waals surface area (Å²) in [5.74, 6) is 0. The lowest BCUT2D eigenvalue weighted by Crippen LogP contribution is -2.33. The van der Waals surface area contributed by atoms with E-state index in [1.54, 1.807) is 0 Å². The molecule has 4 heteroatoms. The van der Waals surface area contributed by atoms with E-state index in [4.69, 9.17) is 16.7 Å². The summed E-state index contributed by atoms with van der Waals surface area (Å²) >= 11 is 6.37. The first-order chi connectivity index (χ1) is 8.95. The summed E-state index contributed by atoms with van der Waals surface area (Å²) in [6, 6.07) is 6.89. The second-order valence-corrected chi connectivity index (χ2v) is 5.74. The van der Waals surface area contributed by atoms with Crippen LogP contribution in [0.5, 0.6) is 0 Å². The number of nitrogens with zero attached hydrogens (tertiary/aromatic N) is 1. The molecule has 0 bridgehead atoms. The number of anilines is 1. The number of hydrogen-bond donors (Lipinski definition) is 2. The van der Waals surface area contributed by atoms with Gasteiger partial charge in [-0.05, 0) is 31.5 Å². The van der Waals surface area contributed by atoms with E-state index >= 15 is 0 Å². The average Bonchev–Trinajstić information content (AvgIpc) is 2.34. The molecule has 0 aliphatic rings. The van der Waals surface area contributed by atoms with Gasteiger partial charge in [-0.25, -0.2) is 0 Å². The van der Waals surface area contributed by atoms with E-state index in [1.165, 1.54) is 5.56 Å². The van der Waals surface area contributed by atoms with Crippen LogP contribution in [0.4, 0.5) is 5.69 Å². The molecule has 0 saturated carbocycles. The Bertz CT molecular complexity index is 394. The highest BCUT2D eigenvalue weighted by Gasteiger charge is 2.13. The van der Waals surface area contributed by atoms with Gasteiger partial charge in [0.1, 0.15) is 0 Å². The third-order valence-corrected chi connectivity index (χ3v) is 3.30. The first-order valence-electron chi connectivity index (χ1n) is 6.85. The summed E-state index contributed by atoms with van der Waals surface area (Å²) < 4.78 is 0. The molecule has 2 N–H and O–H groups in total. The summed E-state index contributed by atoms with van der Waals surface area (Å²) in [7, 11) is 0. The maximum absolute atomic E-state index is 9.14. The molecule has 0 atom stereocenters. The van der Waals surface area contributed by atoms with Crippen molar-refractivity contribution in [1.29, 1.82) is 0 Å². The summed E-state index contributed by atoms with van der Waals surface area (Å²) in [4.78, 5) is 2.11. The van der Waals surface area contributed by atoms with Gasteiger partial charge in [0, 0.05) is 25.2 Å². The van der Waals surface area contributed by atoms with Crippen LogP contribution in [0, 0.1) is 0 Å². The predicted octanol–water partition coefficient (Wildman–Crippen LogP) is 3.05. The minimum absolute atomic E-state index is 0.130. The van der Waals surface area contributed by atoms with Crippen LogP contribution in [0.3, 0.4) is 0 Å². The van der Waals surface area contributed by atoms with Crippen molar-refractivity contribution in [3.8, 4) is 0 Å². The third kappa shape index (κ3) is 5.01. The molecule has 3 nitrogen and oxygen atoms in total. The van der Waals surface area contributed by atoms with Crippen molar-refractivity contribution < 1.29 is 5.11 Å². The molecule has 0 heterocycles. The molecule has 0 spiro atoms. The zero-order chi connectivity index (χ0) is 14.4. The van der Waals surface area contributed by atoms with E-state index in [9.17, 15) is 0 Å². The number of halogens is 1. The van der Waals surface area contributed by atoms with E-state index < -0.39 is 0 Å². The molecule has 0 aliphatic heterocycles. The lowest BCUT2D eigenvalue weighted by Gasteiger charge is -2.29. The van der Waals surface area contributed by atoms with Crippen molar-refractivity contribution in [3.63, 3.8) is 0 Å². The maximum Gasteiger partial charge on any atom is 0.0642 e. The predicted molar refractivity (Wildman–Crippen MR) is 83.0 cm³/mol. The Labute approximate surface area is 121 Å². The van der Waals surface area contributed by atoms with E-state index in [0.717, 1.165) is 17.3 Å². The SMILES string of the molecule is CC(C)NCc1ccc(N(CCO)C(C)C)c(Cl)c1. The minimum Gasteiger partial charge on any atom is -0.395 e. The van der Waals surface area contributed by atoms with Gasteiger partial charge in [-0.2, -0.15) is 0 Å². The Hall–Kier alpha value is -0.770. The van der Waals surface area contributed by atoms with Gasteiger partial charge in [-0.1, -0.05) is 31.5 Å². The summed E-state index contributed by atoms with van der Waals surface area (Å²) in [5, 5.41) is 13.3. The molecule has 0 radical (unpaired) electrons. The Morgan fingerprint density at radius 2 is 1.95 bits per heavy atom. The van der Waals surface area contributed by atoms with Crippen molar-refractivity contribution in [2.24, 2.45) is 0 Å². The fourth-order valence-corrected chi connectivity index (χ4v) is 2.29. The molecule has 1 rings (SSSR count). The van der Waals surface area contributed by atoms with Gasteiger partial charge in [-0.15, -0.1) is 0 Å². The van der Waals surface area contributed by atoms with Crippen LogP contribution in [0.2, 0.25) is 5.02 Å². The molecule has 0 aromatic heterocycles. The molecule has 108 valence electrons. The summed E-state index contributed by atoms with van der Waals surface area (Å²) in [6.07, 6.45) is 0. The Morgan fingerprint density at radius 1 is 1.26 bits per heavy atom. The van der Waals surface area contributed by atoms with Crippen LogP contribution >= 0.6 is 11.6 Å². The molecule has 1 aromatic rings. The quantitative estimate of drug-likeness (QED) is 0.808. The van der Waals surface area contributed by atoms with Crippen LogP contribution in [-0.2, 0) is 6.54 Å². The molecule has 0 fully saturated rings. The Morgan fingerprint density at radius 3 is 2.42 bits per heavy atom. The number of rotatable bonds is 7. The fourth-order valence-electron chi connectivity index (χ4n) is 1.98. The molecule has 0 amide bonds. The summed E-state index contributed by atoms with van der Waals surface area (Å²) in [5.41, 5.74) is 2.16. The fraction of sp³-hybridized carbons (Fsp3) is 0.600. The van der Waals surface area contributed by atoms with Gasteiger partial charge in [0.05, 0.1) is 17.3 Å². The number of nitrogens with one attached hydrogen (secondary N) is 1. The molecule has 0 aliphatic carbocycles. The maximum atomic E-state index is 9.14. The van der Waals surface area contributed by atoms with Crippen LogP contribution < -0.4 is 10.2 Å². The van der Waals surface area contributed by atoms with E-state index in [-0.39, 0.29) is 6.61 Å². The highest BCUT2D eigenvalue weighted by atomic mass is 35.5. The number of aliphatic hydroxyl groups excluding tert-OH is 1. The van der Waals surface area contributed by atoms with Crippen LogP contribution in [0.1, 0.15) is 33.3 Å². The smallest absolute Gasteiger partial charge is 0.0642 e. The standard InChI is InChI=1S/C15H25ClN2O/c1-11(2)17-10-13-5-6-15(14(16)9-13)18(7-8-19)12(3)4/h5-6,9,11-12,17,19H,7-8,10H2,1-4H3. The normalized spacial score (nSPS) is 11.4. The lowest BCUT2D eigenvalue weighted by atomic mass is 10.1. The van der Waals surface area contributed by atoms with Gasteiger partial charge in [-0.3, -0.25) is 0 Å². The molecule has 1 aromatic carbocycles. The molecular weight excluding hydrogens is 260 g/mol. The van der Waals surface area contributed by atoms with Gasteiger partial charge in [0.25, 0.3) is 0 Å². The molecule has 0 saturated heterocycles. The van der Waals surface area contributed by atoms with Gasteiger partial charge in [0.2, 0.25) is 0 Å². The van der Waals surface area contributed by atoms with Crippen LogP contribution in [0.25, 0.3) is 0 Å². The Kier molecular flexibility index (Phi) is 6.63. The average molecular weight is 285 g/mol. The highest BCUT2D eigenvalue weighted by molar-refractivity contribution is 6.33. The van der Waals surface area contributed by atoms with Gasteiger partial charge < -0.3 is 15.3 Å². The lowest BCUT2D eigenvalue weighted by molar-refractivity contribution is 0.299. The molecular formula is C15H25ClN2O. The van der Waals surface area contributed by atoms with E-state index in [1.807, 2.05) is 12.1 Å². The third-order valence-electron chi connectivity index (χ3n) is 3.00. The van der Waals surface area contributed by atoms with Gasteiger partial charge in [0.15, 0.2) is 0 Å². The Balaban J connectivity index is 2.86. The van der Waals surface area contributed by atoms with Crippen molar-refractivity contribution in [1.82, 2.24) is 5.32 Å². The van der Waals surface area contributed by atoms with E-state index in [2.05, 4.69) is 44.0 Å². The zero-order valence-electron chi connectivity index (χ0n) is 12.3. The first-order valence-corrected chi connectivity index (χ1v) is 7.22. The zero-order valence-corrected chi connectivity index (χ0v) is 13.0. The first kappa shape index (κ1) is 16.3. The highest BCUT2D eigenvalue weighted by Crippen LogP contribution is 2.28. The van der Waals surface area contributed by atoms with Crippen molar-refractivity contribution in [2.45, 2.75) is 46.3 Å². The second kappa shape index (κ2) is 7.73. The number of aliphatic hydroxyl groups is 1. The van der Waals surface area contributed by atoms with Crippen molar-refractivity contribution >= 4 is 17.3 Å². The van der Waals surface area contributed by atoms with Crippen LogP contribution in [0.15, 0.2) is 18.2 Å². The second-order valence-electron chi connectivity index (χ2n) is 5.33. The topological polar surface area (TPSA) is 35.5 Å². The van der Waals surface area contributed by atoms with Crippen LogP contribution in [-0.4, -0.2) is 30.3 Å². The largest absolute Gasteiger partial charge is 0.395 e. The number of hydrogen-bond acceptors (Lipinski definition) is 3. The molecule has 19 heavy (non-hydrogen) atoms. The van der Waals surface area contributed by atoms with E-state index in [0.29, 0.717) is 18.6 Å². The minimum atomic E-state index is 0.130. The number of benzene rings is 1. The van der Waals surface area contributed by atoms with Crippen molar-refractivity contribution in [2.75, 3.05) is 18.1 Å². The van der Waals surface area contributed by atoms with Crippen molar-refractivity contribution in [3.05, 3.63) is 28.8 Å². The monoisotopic (exact) mass is 284 g/mol.